The zero-order valence-corrected chi connectivity index (χ0v) is 15.2. The van der Waals surface area contributed by atoms with Crippen LogP contribution >= 0.6 is 0 Å². The van der Waals surface area contributed by atoms with E-state index in [1.165, 1.54) is 12.0 Å². The van der Waals surface area contributed by atoms with Crippen molar-refractivity contribution in [2.45, 2.75) is 50.6 Å². The predicted molar refractivity (Wildman–Crippen MR) is 99.9 cm³/mol. The van der Waals surface area contributed by atoms with Crippen LogP contribution in [0.2, 0.25) is 0 Å². The van der Waals surface area contributed by atoms with Crippen LogP contribution in [0.25, 0.3) is 0 Å². The van der Waals surface area contributed by atoms with Gasteiger partial charge < -0.3 is 10.2 Å². The molecule has 2 atom stereocenters. The van der Waals surface area contributed by atoms with E-state index in [0.717, 1.165) is 51.7 Å². The molecule has 0 spiro atoms. The molecule has 1 amide bonds. The minimum Gasteiger partial charge on any atom is -0.332 e. The average molecular weight is 353 g/mol. The summed E-state index contributed by atoms with van der Waals surface area (Å²) in [5.41, 5.74) is 1.88. The Morgan fingerprint density at radius 3 is 2.81 bits per heavy atom. The number of aromatic nitrogens is 3. The van der Waals surface area contributed by atoms with Gasteiger partial charge in [-0.05, 0) is 49.9 Å². The van der Waals surface area contributed by atoms with Gasteiger partial charge in [0.2, 0.25) is 0 Å². The van der Waals surface area contributed by atoms with Crippen LogP contribution in [0.4, 0.5) is 0 Å². The number of pyridine rings is 1. The number of carbonyl (C=O) groups is 1. The minimum absolute atomic E-state index is 0.101. The number of rotatable bonds is 3. The van der Waals surface area contributed by atoms with Gasteiger partial charge in [-0.1, -0.05) is 12.8 Å². The maximum atomic E-state index is 13.3. The van der Waals surface area contributed by atoms with Gasteiger partial charge in [-0.25, -0.2) is 0 Å². The van der Waals surface area contributed by atoms with Gasteiger partial charge in [-0.15, -0.1) is 0 Å². The van der Waals surface area contributed by atoms with Crippen molar-refractivity contribution in [1.82, 2.24) is 25.0 Å². The second-order valence-electron chi connectivity index (χ2n) is 7.35. The van der Waals surface area contributed by atoms with Crippen LogP contribution in [0, 0.1) is 0 Å². The zero-order valence-electron chi connectivity index (χ0n) is 15.2. The summed E-state index contributed by atoms with van der Waals surface area (Å²) < 4.78 is 1.97. The van der Waals surface area contributed by atoms with E-state index in [4.69, 9.17) is 0 Å². The first-order valence-corrected chi connectivity index (χ1v) is 9.79. The Kier molecular flexibility index (Phi) is 5.29. The first kappa shape index (κ1) is 17.2. The van der Waals surface area contributed by atoms with Crippen molar-refractivity contribution in [3.8, 4) is 0 Å². The van der Waals surface area contributed by atoms with Crippen molar-refractivity contribution >= 4 is 5.91 Å². The van der Waals surface area contributed by atoms with Gasteiger partial charge in [-0.2, -0.15) is 5.10 Å². The summed E-state index contributed by atoms with van der Waals surface area (Å²) >= 11 is 0. The highest BCUT2D eigenvalue weighted by atomic mass is 16.2. The molecule has 4 heterocycles. The molecule has 6 heteroatoms. The standard InChI is InChI=1S/C20H27N5O/c26-20(17-13-23-25(15-17)18-5-4-9-22-14-18)24-12-3-1-2-6-19(24)16-7-10-21-11-8-16/h7-8,10-11,13,15,18-19,22H,1-6,9,12,14H2. The normalized spacial score (nSPS) is 24.2. The van der Waals surface area contributed by atoms with Gasteiger partial charge in [0.05, 0.1) is 23.8 Å². The Hall–Kier alpha value is -2.21. The average Bonchev–Trinajstić information content (AvgIpc) is 3.07. The SMILES string of the molecule is O=C(c1cnn(C2CCCNC2)c1)N1CCCCCC1c1ccncc1. The molecule has 2 aromatic heterocycles. The summed E-state index contributed by atoms with van der Waals surface area (Å²) in [5, 5.41) is 7.91. The molecular weight excluding hydrogens is 326 g/mol. The molecule has 2 fully saturated rings. The lowest BCUT2D eigenvalue weighted by Crippen LogP contribution is -2.35. The van der Waals surface area contributed by atoms with E-state index in [9.17, 15) is 4.79 Å². The number of carbonyl (C=O) groups excluding carboxylic acids is 1. The molecule has 4 rings (SSSR count). The van der Waals surface area contributed by atoms with Crippen LogP contribution in [0.5, 0.6) is 0 Å². The van der Waals surface area contributed by atoms with Gasteiger partial charge in [0.1, 0.15) is 0 Å². The van der Waals surface area contributed by atoms with Crippen LogP contribution < -0.4 is 5.32 Å². The molecule has 0 aliphatic carbocycles. The number of amides is 1. The Labute approximate surface area is 154 Å². The molecule has 2 aliphatic rings. The number of piperidine rings is 1. The van der Waals surface area contributed by atoms with E-state index in [0.29, 0.717) is 11.6 Å². The Bertz CT molecular complexity index is 723. The van der Waals surface area contributed by atoms with E-state index in [2.05, 4.69) is 15.4 Å². The van der Waals surface area contributed by atoms with E-state index >= 15 is 0 Å². The molecule has 138 valence electrons. The van der Waals surface area contributed by atoms with Crippen molar-refractivity contribution < 1.29 is 4.79 Å². The second kappa shape index (κ2) is 7.99. The number of hydrogen-bond donors (Lipinski definition) is 1. The fraction of sp³-hybridized carbons (Fsp3) is 0.550. The summed E-state index contributed by atoms with van der Waals surface area (Å²) in [4.78, 5) is 19.4. The molecule has 26 heavy (non-hydrogen) atoms. The van der Waals surface area contributed by atoms with Gasteiger partial charge in [0, 0.05) is 31.7 Å². The second-order valence-corrected chi connectivity index (χ2v) is 7.35. The van der Waals surface area contributed by atoms with Gasteiger partial charge in [0.25, 0.3) is 5.91 Å². The summed E-state index contributed by atoms with van der Waals surface area (Å²) in [7, 11) is 0. The maximum Gasteiger partial charge on any atom is 0.257 e. The Morgan fingerprint density at radius 1 is 1.12 bits per heavy atom. The van der Waals surface area contributed by atoms with Crippen molar-refractivity contribution in [2.24, 2.45) is 0 Å². The van der Waals surface area contributed by atoms with Crippen molar-refractivity contribution in [2.75, 3.05) is 19.6 Å². The summed E-state index contributed by atoms with van der Waals surface area (Å²) in [6, 6.07) is 4.55. The van der Waals surface area contributed by atoms with E-state index in [1.807, 2.05) is 40.3 Å². The maximum absolute atomic E-state index is 13.3. The number of nitrogens with zero attached hydrogens (tertiary/aromatic N) is 4. The van der Waals surface area contributed by atoms with Gasteiger partial charge in [-0.3, -0.25) is 14.5 Å². The molecule has 6 nitrogen and oxygen atoms in total. The number of hydrogen-bond acceptors (Lipinski definition) is 4. The molecule has 2 saturated heterocycles. The molecule has 2 unspecified atom stereocenters. The van der Waals surface area contributed by atoms with Crippen LogP contribution in [-0.4, -0.2) is 45.2 Å². The third-order valence-corrected chi connectivity index (χ3v) is 5.60. The fourth-order valence-electron chi connectivity index (χ4n) is 4.16. The van der Waals surface area contributed by atoms with Gasteiger partial charge in [0.15, 0.2) is 0 Å². The first-order chi connectivity index (χ1) is 12.8. The molecule has 2 aromatic rings. The van der Waals surface area contributed by atoms with E-state index in [-0.39, 0.29) is 11.9 Å². The fourth-order valence-corrected chi connectivity index (χ4v) is 4.16. The highest BCUT2D eigenvalue weighted by molar-refractivity contribution is 5.94. The van der Waals surface area contributed by atoms with E-state index < -0.39 is 0 Å². The highest BCUT2D eigenvalue weighted by Gasteiger charge is 2.28. The zero-order chi connectivity index (χ0) is 17.8. The molecule has 0 radical (unpaired) electrons. The Balaban J connectivity index is 1.55. The molecular formula is C20H27N5O. The lowest BCUT2D eigenvalue weighted by atomic mass is 10.0. The van der Waals surface area contributed by atoms with Crippen LogP contribution in [0.3, 0.4) is 0 Å². The lowest BCUT2D eigenvalue weighted by molar-refractivity contribution is 0.0680. The molecule has 0 aromatic carbocycles. The smallest absolute Gasteiger partial charge is 0.257 e. The van der Waals surface area contributed by atoms with E-state index in [1.54, 1.807) is 6.20 Å². The van der Waals surface area contributed by atoms with Crippen LogP contribution in [0.15, 0.2) is 36.9 Å². The topological polar surface area (TPSA) is 63.1 Å². The molecule has 0 bridgehead atoms. The van der Waals surface area contributed by atoms with Crippen molar-refractivity contribution in [3.05, 3.63) is 48.0 Å². The molecule has 1 N–H and O–H groups in total. The molecule has 0 saturated carbocycles. The predicted octanol–water partition coefficient (Wildman–Crippen LogP) is 2.96. The quantitative estimate of drug-likeness (QED) is 0.921. The third kappa shape index (κ3) is 3.65. The van der Waals surface area contributed by atoms with Crippen LogP contribution in [-0.2, 0) is 0 Å². The van der Waals surface area contributed by atoms with Crippen LogP contribution in [0.1, 0.15) is 66.5 Å². The first-order valence-electron chi connectivity index (χ1n) is 9.79. The van der Waals surface area contributed by atoms with Crippen molar-refractivity contribution in [1.29, 1.82) is 0 Å². The van der Waals surface area contributed by atoms with Gasteiger partial charge >= 0.3 is 0 Å². The number of likely N-dealkylation sites (tertiary alicyclic amines) is 1. The Morgan fingerprint density at radius 2 is 2.00 bits per heavy atom. The summed E-state index contributed by atoms with van der Waals surface area (Å²) in [5.74, 6) is 0.101. The summed E-state index contributed by atoms with van der Waals surface area (Å²) in [6.45, 7) is 2.81. The third-order valence-electron chi connectivity index (χ3n) is 5.60. The lowest BCUT2D eigenvalue weighted by Gasteiger charge is -2.30. The minimum atomic E-state index is 0.101. The number of nitrogens with one attached hydrogen (secondary N) is 1. The van der Waals surface area contributed by atoms with Crippen molar-refractivity contribution in [3.63, 3.8) is 0 Å². The highest BCUT2D eigenvalue weighted by Crippen LogP contribution is 2.31. The monoisotopic (exact) mass is 353 g/mol. The largest absolute Gasteiger partial charge is 0.332 e. The summed E-state index contributed by atoms with van der Waals surface area (Å²) in [6.07, 6.45) is 14.0. The molecule has 2 aliphatic heterocycles.